The molecule has 126 valence electrons. The molecule has 0 radical (unpaired) electrons. The average Bonchev–Trinajstić information content (AvgIpc) is 2.52. The third kappa shape index (κ3) is 4.71. The van der Waals surface area contributed by atoms with Crippen LogP contribution in [-0.4, -0.2) is 24.6 Å². The highest BCUT2D eigenvalue weighted by Gasteiger charge is 2.28. The second kappa shape index (κ2) is 7.99. The Kier molecular flexibility index (Phi) is 6.02. The van der Waals surface area contributed by atoms with Crippen LogP contribution in [0.4, 0.5) is 10.5 Å². The fraction of sp³-hybridized carbons (Fsp3) is 0.556. The van der Waals surface area contributed by atoms with E-state index >= 15 is 0 Å². The molecule has 2 N–H and O–H groups in total. The molecule has 0 aromatic heterocycles. The third-order valence-electron chi connectivity index (χ3n) is 4.69. The summed E-state index contributed by atoms with van der Waals surface area (Å²) in [7, 11) is 0. The van der Waals surface area contributed by atoms with E-state index in [1.54, 1.807) is 31.2 Å². The Hall–Kier alpha value is -2.04. The standard InChI is InChI=1S/C18H26N2O3/c1-4-23-18(22)19-15-10-8-14(9-11-15)17(21)20-16-7-5-6-12(2)13(16)3/h8-13,16H,4-7H2,1-3H3,(H,19,22)(H,20,21). The Labute approximate surface area is 137 Å². The lowest BCUT2D eigenvalue weighted by Gasteiger charge is -2.34. The minimum atomic E-state index is -0.491. The Bertz CT molecular complexity index is 542. The topological polar surface area (TPSA) is 67.4 Å². The van der Waals surface area contributed by atoms with Gasteiger partial charge in [-0.3, -0.25) is 10.1 Å². The molecule has 5 heteroatoms. The normalized spacial score (nSPS) is 23.9. The van der Waals surface area contributed by atoms with Crippen LogP contribution in [-0.2, 0) is 4.74 Å². The summed E-state index contributed by atoms with van der Waals surface area (Å²) in [5.74, 6) is 1.08. The molecule has 0 heterocycles. The molecule has 1 fully saturated rings. The summed E-state index contributed by atoms with van der Waals surface area (Å²) >= 11 is 0. The smallest absolute Gasteiger partial charge is 0.411 e. The summed E-state index contributed by atoms with van der Waals surface area (Å²) in [4.78, 5) is 23.7. The molecule has 0 spiro atoms. The van der Waals surface area contributed by atoms with E-state index in [0.717, 1.165) is 6.42 Å². The van der Waals surface area contributed by atoms with Crippen LogP contribution in [0, 0.1) is 11.8 Å². The number of rotatable bonds is 4. The molecule has 0 aliphatic heterocycles. The highest BCUT2D eigenvalue weighted by molar-refractivity contribution is 5.95. The first-order valence-electron chi connectivity index (χ1n) is 8.36. The van der Waals surface area contributed by atoms with Crippen LogP contribution in [0.25, 0.3) is 0 Å². The average molecular weight is 318 g/mol. The Morgan fingerprint density at radius 1 is 1.17 bits per heavy atom. The molecule has 3 atom stereocenters. The fourth-order valence-corrected chi connectivity index (χ4v) is 3.03. The number of hydrogen-bond donors (Lipinski definition) is 2. The lowest BCUT2D eigenvalue weighted by Crippen LogP contribution is -2.43. The van der Waals surface area contributed by atoms with E-state index in [1.165, 1.54) is 12.8 Å². The summed E-state index contributed by atoms with van der Waals surface area (Å²) in [5.41, 5.74) is 1.21. The molecule has 2 amide bonds. The van der Waals surface area contributed by atoms with E-state index < -0.39 is 6.09 Å². The van der Waals surface area contributed by atoms with Crippen molar-refractivity contribution in [1.82, 2.24) is 5.32 Å². The van der Waals surface area contributed by atoms with Gasteiger partial charge in [0.05, 0.1) is 6.61 Å². The SMILES string of the molecule is CCOC(=O)Nc1ccc(C(=O)NC2CCCC(C)C2C)cc1. The summed E-state index contributed by atoms with van der Waals surface area (Å²) in [5, 5.41) is 5.76. The first kappa shape index (κ1) is 17.3. The number of carbonyl (C=O) groups is 2. The van der Waals surface area contributed by atoms with Crippen molar-refractivity contribution in [3.8, 4) is 0 Å². The quantitative estimate of drug-likeness (QED) is 0.887. The van der Waals surface area contributed by atoms with Crippen molar-refractivity contribution in [2.24, 2.45) is 11.8 Å². The maximum atomic E-state index is 12.4. The molecular weight excluding hydrogens is 292 g/mol. The van der Waals surface area contributed by atoms with Crippen molar-refractivity contribution < 1.29 is 14.3 Å². The first-order valence-corrected chi connectivity index (χ1v) is 8.36. The number of benzene rings is 1. The highest BCUT2D eigenvalue weighted by Crippen LogP contribution is 2.29. The minimum Gasteiger partial charge on any atom is -0.450 e. The number of nitrogens with one attached hydrogen (secondary N) is 2. The van der Waals surface area contributed by atoms with E-state index in [-0.39, 0.29) is 11.9 Å². The molecular formula is C18H26N2O3. The molecule has 1 aliphatic carbocycles. The lowest BCUT2D eigenvalue weighted by molar-refractivity contribution is 0.0891. The van der Waals surface area contributed by atoms with Gasteiger partial charge in [0.15, 0.2) is 0 Å². The van der Waals surface area contributed by atoms with E-state index in [1.807, 2.05) is 0 Å². The molecule has 1 aromatic carbocycles. The van der Waals surface area contributed by atoms with Crippen molar-refractivity contribution in [2.45, 2.75) is 46.1 Å². The second-order valence-electron chi connectivity index (χ2n) is 6.27. The van der Waals surface area contributed by atoms with Gasteiger partial charge >= 0.3 is 6.09 Å². The maximum Gasteiger partial charge on any atom is 0.411 e. The third-order valence-corrected chi connectivity index (χ3v) is 4.69. The number of ether oxygens (including phenoxy) is 1. The molecule has 0 saturated heterocycles. The van der Waals surface area contributed by atoms with Gasteiger partial charge in [-0.15, -0.1) is 0 Å². The fourth-order valence-electron chi connectivity index (χ4n) is 3.03. The van der Waals surface area contributed by atoms with Gasteiger partial charge in [0.1, 0.15) is 0 Å². The zero-order chi connectivity index (χ0) is 16.8. The lowest BCUT2D eigenvalue weighted by atomic mass is 9.78. The molecule has 1 aliphatic rings. The second-order valence-corrected chi connectivity index (χ2v) is 6.27. The first-order chi connectivity index (χ1) is 11.0. The van der Waals surface area contributed by atoms with Crippen LogP contribution in [0.1, 0.15) is 50.4 Å². The number of amides is 2. The van der Waals surface area contributed by atoms with Crippen molar-refractivity contribution >= 4 is 17.7 Å². The van der Waals surface area contributed by atoms with Crippen molar-refractivity contribution in [2.75, 3.05) is 11.9 Å². The van der Waals surface area contributed by atoms with E-state index in [0.29, 0.717) is 29.7 Å². The van der Waals surface area contributed by atoms with E-state index in [2.05, 4.69) is 24.5 Å². The number of carbonyl (C=O) groups excluding carboxylic acids is 2. The van der Waals surface area contributed by atoms with Crippen LogP contribution in [0.5, 0.6) is 0 Å². The highest BCUT2D eigenvalue weighted by atomic mass is 16.5. The largest absolute Gasteiger partial charge is 0.450 e. The van der Waals surface area contributed by atoms with Crippen LogP contribution in [0.15, 0.2) is 24.3 Å². The van der Waals surface area contributed by atoms with Gasteiger partial charge in [-0.1, -0.05) is 26.7 Å². The van der Waals surface area contributed by atoms with Gasteiger partial charge in [0.2, 0.25) is 0 Å². The molecule has 1 saturated carbocycles. The Morgan fingerprint density at radius 3 is 2.52 bits per heavy atom. The molecule has 2 rings (SSSR count). The van der Waals surface area contributed by atoms with Gasteiger partial charge in [-0.25, -0.2) is 4.79 Å². The molecule has 1 aromatic rings. The Morgan fingerprint density at radius 2 is 1.87 bits per heavy atom. The van der Waals surface area contributed by atoms with Crippen molar-refractivity contribution in [3.63, 3.8) is 0 Å². The van der Waals surface area contributed by atoms with Gasteiger partial charge in [0.25, 0.3) is 5.91 Å². The molecule has 0 bridgehead atoms. The monoisotopic (exact) mass is 318 g/mol. The van der Waals surface area contributed by atoms with Gasteiger partial charge in [-0.05, 0) is 49.4 Å². The summed E-state index contributed by atoms with van der Waals surface area (Å²) in [6.07, 6.45) is 2.95. The predicted molar refractivity (Wildman–Crippen MR) is 90.5 cm³/mol. The summed E-state index contributed by atoms with van der Waals surface area (Å²) in [6.45, 7) is 6.53. The van der Waals surface area contributed by atoms with Crippen molar-refractivity contribution in [1.29, 1.82) is 0 Å². The van der Waals surface area contributed by atoms with E-state index in [9.17, 15) is 9.59 Å². The van der Waals surface area contributed by atoms with Crippen molar-refractivity contribution in [3.05, 3.63) is 29.8 Å². The predicted octanol–water partition coefficient (Wildman–Crippen LogP) is 3.81. The van der Waals surface area contributed by atoms with Crippen LogP contribution < -0.4 is 10.6 Å². The Balaban J connectivity index is 1.93. The van der Waals surface area contributed by atoms with Crippen LogP contribution in [0.2, 0.25) is 0 Å². The van der Waals surface area contributed by atoms with Gasteiger partial charge < -0.3 is 10.1 Å². The maximum absolute atomic E-state index is 12.4. The van der Waals surface area contributed by atoms with Crippen LogP contribution >= 0.6 is 0 Å². The zero-order valence-corrected chi connectivity index (χ0v) is 14.1. The number of hydrogen-bond acceptors (Lipinski definition) is 3. The minimum absolute atomic E-state index is 0.0568. The van der Waals surface area contributed by atoms with Gasteiger partial charge in [0, 0.05) is 17.3 Å². The molecule has 3 unspecified atom stereocenters. The summed E-state index contributed by atoms with van der Waals surface area (Å²) < 4.78 is 4.82. The van der Waals surface area contributed by atoms with Gasteiger partial charge in [-0.2, -0.15) is 0 Å². The van der Waals surface area contributed by atoms with Crippen LogP contribution in [0.3, 0.4) is 0 Å². The van der Waals surface area contributed by atoms with E-state index in [4.69, 9.17) is 4.74 Å². The zero-order valence-electron chi connectivity index (χ0n) is 14.1. The molecule has 5 nitrogen and oxygen atoms in total. The molecule has 23 heavy (non-hydrogen) atoms. The summed E-state index contributed by atoms with van der Waals surface area (Å²) in [6, 6.07) is 7.09. The number of anilines is 1.